The fourth-order valence-corrected chi connectivity index (χ4v) is 10.2. The van der Waals surface area contributed by atoms with E-state index in [9.17, 15) is 19.5 Å². The number of methoxy groups -OCH3 is 1. The quantitative estimate of drug-likeness (QED) is 0.0559. The first-order chi connectivity index (χ1) is 33.5. The minimum absolute atomic E-state index is 0. The Morgan fingerprint density at radius 1 is 0.845 bits per heavy atom. The summed E-state index contributed by atoms with van der Waals surface area (Å²) in [6.07, 6.45) is 22.0. The SMILES string of the molecule is C=CCCCCCCCC1OCCO1.CC1=C2[CH-]C(=O)C3(C)C(O)CC4OCC4C3CC(C[C@@H]1OC(=O)CCc1ccccc1)C2(C)C.CCCCCCCC.COC(=O)O.NC(=O)c1ccccc1.[Ac]. The summed E-state index contributed by atoms with van der Waals surface area (Å²) in [6.45, 7) is 18.8. The summed E-state index contributed by atoms with van der Waals surface area (Å²) in [7, 11) is 1.10. The van der Waals surface area contributed by atoms with E-state index in [1.54, 1.807) is 30.7 Å². The van der Waals surface area contributed by atoms with Crippen molar-refractivity contribution in [1.29, 1.82) is 0 Å². The number of benzene rings is 2. The molecule has 1 amide bonds. The van der Waals surface area contributed by atoms with Crippen LogP contribution in [-0.4, -0.2) is 85.6 Å². The molecule has 7 rings (SSSR count). The smallest absolute Gasteiger partial charge is 0.476 e. The van der Waals surface area contributed by atoms with Gasteiger partial charge in [0.25, 0.3) is 0 Å². The zero-order valence-electron chi connectivity index (χ0n) is 44.2. The average molecular weight is 1200 g/mol. The van der Waals surface area contributed by atoms with Crippen molar-refractivity contribution in [3.8, 4) is 0 Å². The molecule has 12 nitrogen and oxygen atoms in total. The van der Waals surface area contributed by atoms with Gasteiger partial charge in [-0.3, -0.25) is 9.59 Å². The number of ether oxygens (including phenoxy) is 5. The van der Waals surface area contributed by atoms with E-state index in [2.05, 4.69) is 39.0 Å². The van der Waals surface area contributed by atoms with E-state index in [4.69, 9.17) is 34.6 Å². The molecule has 5 aliphatic rings. The number of hydrogen-bond donors (Lipinski definition) is 3. The number of fused-ring (bicyclic) bond motifs is 5. The van der Waals surface area contributed by atoms with Crippen LogP contribution in [0, 0.1) is 79.1 Å². The Labute approximate surface area is 462 Å². The normalized spacial score (nSPS) is 24.5. The number of amides is 1. The van der Waals surface area contributed by atoms with Gasteiger partial charge < -0.3 is 44.4 Å². The number of carboxylic acid groups (broad SMARTS) is 1. The Hall–Kier alpha value is -3.05. The van der Waals surface area contributed by atoms with Gasteiger partial charge in [0.1, 0.15) is 0 Å². The van der Waals surface area contributed by atoms with Crippen LogP contribution in [0.3, 0.4) is 0 Å². The predicted molar refractivity (Wildman–Crippen MR) is 276 cm³/mol. The third kappa shape index (κ3) is 21.0. The molecule has 2 bridgehead atoms. The minimum Gasteiger partial charge on any atom is -0.476 e. The van der Waals surface area contributed by atoms with Gasteiger partial charge >= 0.3 is 12.1 Å². The molecule has 2 aromatic carbocycles. The van der Waals surface area contributed by atoms with Gasteiger partial charge in [0.05, 0.1) is 51.0 Å². The van der Waals surface area contributed by atoms with E-state index in [-0.39, 0.29) is 97.5 Å². The average Bonchev–Trinajstić information content (AvgIpc) is 3.87. The number of rotatable bonds is 18. The first kappa shape index (κ1) is 64.1. The van der Waals surface area contributed by atoms with Crippen LogP contribution in [0.1, 0.15) is 167 Å². The number of carbonyl (C=O) groups excluding carboxylic acids is 3. The molecule has 2 saturated heterocycles. The second kappa shape index (κ2) is 34.4. The van der Waals surface area contributed by atoms with Crippen molar-refractivity contribution in [1.82, 2.24) is 0 Å². The number of esters is 1. The molecule has 7 atom stereocenters. The fourth-order valence-electron chi connectivity index (χ4n) is 10.2. The van der Waals surface area contributed by atoms with Crippen LogP contribution in [0.2, 0.25) is 0 Å². The summed E-state index contributed by atoms with van der Waals surface area (Å²) in [5.41, 5.74) is 7.62. The molecule has 3 aliphatic carbocycles. The monoisotopic (exact) mass is 1200 g/mol. The van der Waals surface area contributed by atoms with E-state index >= 15 is 0 Å². The Bertz CT molecular complexity index is 1880. The Morgan fingerprint density at radius 3 is 1.93 bits per heavy atom. The third-order valence-electron chi connectivity index (χ3n) is 14.8. The molecule has 395 valence electrons. The van der Waals surface area contributed by atoms with E-state index in [1.165, 1.54) is 70.6 Å². The van der Waals surface area contributed by atoms with Crippen LogP contribution in [0.25, 0.3) is 0 Å². The zero-order valence-corrected chi connectivity index (χ0v) is 49.0. The largest absolute Gasteiger partial charge is 0.505 e. The van der Waals surface area contributed by atoms with E-state index in [0.717, 1.165) is 62.7 Å². The van der Waals surface area contributed by atoms with Gasteiger partial charge in [-0.25, -0.2) is 4.79 Å². The van der Waals surface area contributed by atoms with Crippen molar-refractivity contribution >= 4 is 23.8 Å². The number of Topliss-reactive ketones (excluding diaryl/α,β-unsaturated/α-hetero) is 1. The molecule has 4 N–H and O–H groups in total. The predicted octanol–water partition coefficient (Wildman–Crippen LogP) is 12.2. The van der Waals surface area contributed by atoms with Crippen LogP contribution < -0.4 is 5.73 Å². The Kier molecular flexibility index (Phi) is 31.1. The maximum atomic E-state index is 13.7. The molecule has 0 spiro atoms. The van der Waals surface area contributed by atoms with Gasteiger partial charge in [0.15, 0.2) is 6.29 Å². The fraction of sp³-hybridized carbons (Fsp3) is 0.638. The summed E-state index contributed by atoms with van der Waals surface area (Å²) in [6, 6.07) is 18.7. The second-order valence-corrected chi connectivity index (χ2v) is 20.1. The van der Waals surface area contributed by atoms with Crippen LogP contribution in [0.4, 0.5) is 4.79 Å². The molecule has 4 fully saturated rings. The van der Waals surface area contributed by atoms with Gasteiger partial charge in [-0.05, 0) is 79.9 Å². The number of primary amides is 1. The number of unbranched alkanes of at least 4 members (excludes halogenated alkanes) is 10. The summed E-state index contributed by atoms with van der Waals surface area (Å²) < 4.78 is 26.2. The molecule has 2 heterocycles. The molecule has 71 heavy (non-hydrogen) atoms. The molecule has 2 saturated carbocycles. The number of hydrogen-bond acceptors (Lipinski definition) is 10. The minimum atomic E-state index is -1.25. The zero-order chi connectivity index (χ0) is 51.5. The number of allylic oxidation sites excluding steroid dienone is 2. The number of carbonyl (C=O) groups is 4. The second-order valence-electron chi connectivity index (χ2n) is 20.1. The Morgan fingerprint density at radius 2 is 1.41 bits per heavy atom. The summed E-state index contributed by atoms with van der Waals surface area (Å²) in [4.78, 5) is 46.1. The molecular formula is C58H88AcNO11-. The molecule has 0 aromatic heterocycles. The molecule has 6 unspecified atom stereocenters. The van der Waals surface area contributed by atoms with Crippen molar-refractivity contribution in [3.05, 3.63) is 102 Å². The van der Waals surface area contributed by atoms with E-state index in [1.807, 2.05) is 56.3 Å². The van der Waals surface area contributed by atoms with E-state index in [0.29, 0.717) is 37.4 Å². The molecular weight excluding hydrogens is 1110 g/mol. The van der Waals surface area contributed by atoms with Crippen molar-refractivity contribution < 1.29 is 97.1 Å². The number of nitrogens with two attached hydrogens (primary N) is 1. The van der Waals surface area contributed by atoms with Crippen molar-refractivity contribution in [3.63, 3.8) is 0 Å². The van der Waals surface area contributed by atoms with Crippen LogP contribution in [0.15, 0.2) is 84.5 Å². The van der Waals surface area contributed by atoms with Crippen molar-refractivity contribution in [2.24, 2.45) is 34.3 Å². The number of ketones is 1. The topological polar surface area (TPSA) is 181 Å². The summed E-state index contributed by atoms with van der Waals surface area (Å²) in [5.74, 6) is 0.0559. The molecule has 2 aromatic rings. The molecule has 2 aliphatic heterocycles. The number of aryl methyl sites for hydroxylation is 1. The van der Waals surface area contributed by atoms with Crippen LogP contribution >= 0.6 is 0 Å². The van der Waals surface area contributed by atoms with Crippen LogP contribution in [-0.2, 0) is 39.7 Å². The standard InChI is InChI=1S/C29H37O5.C12H22O2.C8H18.C7H7NO.C2H4O3.Ac/c1-17-21-14-25(30)29(4)22(20-16-33-24(20)15-26(29)31)12-19(28(21,2)3)13-23(17)34-27(32)11-10-18-8-6-5-7-9-18;1-2-3-4-5-6-7-8-9-12-13-10-11-14-12;1-3-5-7-8-6-4-2;8-7(9)6-4-2-1-3-5-6;1-5-2(3)4;/h5-9,14,19-20,22-24,26,31H,10-13,15-16H2,1-4H3;2,12H,1,3-11H2;3-8H2,1-2H3;1-5H,(H2,8,9);1H3,(H,3,4);/q-1;;;;;/t19?,20?,22?,23-,24?,26?,29?;;;;;/m0...../s1. The van der Waals surface area contributed by atoms with Gasteiger partial charge in [-0.15, -0.1) is 13.5 Å². The van der Waals surface area contributed by atoms with Crippen LogP contribution in [0.5, 0.6) is 0 Å². The van der Waals surface area contributed by atoms with Gasteiger partial charge in [0.2, 0.25) is 5.91 Å². The number of aliphatic hydroxyl groups is 1. The molecule has 13 heteroatoms. The number of aliphatic hydroxyl groups excluding tert-OH is 1. The third-order valence-corrected chi connectivity index (χ3v) is 14.8. The maximum Gasteiger partial charge on any atom is 0.505 e. The molecule has 1 radical (unpaired) electrons. The van der Waals surface area contributed by atoms with Gasteiger partial charge in [0, 0.05) is 73.8 Å². The summed E-state index contributed by atoms with van der Waals surface area (Å²) in [5, 5.41) is 18.5. The summed E-state index contributed by atoms with van der Waals surface area (Å²) >= 11 is 0. The van der Waals surface area contributed by atoms with E-state index < -0.39 is 17.7 Å². The first-order valence-corrected chi connectivity index (χ1v) is 26.1. The van der Waals surface area contributed by atoms with Gasteiger partial charge in [-0.1, -0.05) is 147 Å². The first-order valence-electron chi connectivity index (χ1n) is 26.1. The van der Waals surface area contributed by atoms with Crippen molar-refractivity contribution in [2.45, 2.75) is 182 Å². The Balaban J connectivity index is 0.000000381. The van der Waals surface area contributed by atoms with Crippen molar-refractivity contribution in [2.75, 3.05) is 26.9 Å². The maximum absolute atomic E-state index is 13.7. The van der Waals surface area contributed by atoms with Gasteiger partial charge in [-0.2, -0.15) is 17.6 Å².